The van der Waals surface area contributed by atoms with Gasteiger partial charge in [0.05, 0.1) is 12.2 Å². The molecule has 0 unspecified atom stereocenters. The van der Waals surface area contributed by atoms with Crippen molar-refractivity contribution in [3.05, 3.63) is 64.7 Å². The van der Waals surface area contributed by atoms with Crippen LogP contribution in [0.4, 0.5) is 14.5 Å². The highest BCUT2D eigenvalue weighted by atomic mass is 19.2. The number of amides is 2. The number of carbonyl (C=O) groups is 2. The van der Waals surface area contributed by atoms with Crippen molar-refractivity contribution < 1.29 is 18.4 Å². The first-order valence-corrected chi connectivity index (χ1v) is 8.43. The van der Waals surface area contributed by atoms with Crippen molar-refractivity contribution in [1.29, 1.82) is 0 Å². The summed E-state index contributed by atoms with van der Waals surface area (Å²) in [6.07, 6.45) is 0. The SMILES string of the molecule is Cc1ccc(C)c(CN2N=N[C@H]3C(=O)N(c4ccc(F)c(F)c4)C(=O)[C@@H]32)c1. The van der Waals surface area contributed by atoms with Gasteiger partial charge in [-0.3, -0.25) is 14.6 Å². The zero-order valence-electron chi connectivity index (χ0n) is 14.7. The van der Waals surface area contributed by atoms with Crippen LogP contribution in [0.3, 0.4) is 0 Å². The average molecular weight is 370 g/mol. The summed E-state index contributed by atoms with van der Waals surface area (Å²) in [5.41, 5.74) is 3.07. The number of hydrogen-bond donors (Lipinski definition) is 0. The third-order valence-corrected chi connectivity index (χ3v) is 4.86. The third-order valence-electron chi connectivity index (χ3n) is 4.86. The van der Waals surface area contributed by atoms with Gasteiger partial charge in [0.2, 0.25) is 0 Å². The molecule has 2 aliphatic heterocycles. The first-order valence-electron chi connectivity index (χ1n) is 8.43. The largest absolute Gasteiger partial charge is 0.271 e. The zero-order chi connectivity index (χ0) is 19.3. The molecule has 0 radical (unpaired) electrons. The van der Waals surface area contributed by atoms with E-state index in [-0.39, 0.29) is 5.69 Å². The molecule has 2 aliphatic rings. The molecule has 0 N–H and O–H groups in total. The Labute approximate surface area is 154 Å². The number of hydrogen-bond acceptors (Lipinski definition) is 5. The number of carbonyl (C=O) groups excluding carboxylic acids is 2. The third kappa shape index (κ3) is 2.77. The number of anilines is 1. The Balaban J connectivity index is 1.63. The Morgan fingerprint density at radius 2 is 1.78 bits per heavy atom. The van der Waals surface area contributed by atoms with Crippen molar-refractivity contribution in [3.63, 3.8) is 0 Å². The maximum atomic E-state index is 13.5. The Morgan fingerprint density at radius 1 is 1.00 bits per heavy atom. The lowest BCUT2D eigenvalue weighted by Gasteiger charge is -2.21. The predicted octanol–water partition coefficient (Wildman–Crippen LogP) is 3.08. The summed E-state index contributed by atoms with van der Waals surface area (Å²) in [6.45, 7) is 4.24. The fraction of sp³-hybridized carbons (Fsp3) is 0.263. The van der Waals surface area contributed by atoms with E-state index in [0.717, 1.165) is 33.7 Å². The average Bonchev–Trinajstić information content (AvgIpc) is 3.14. The molecular formula is C19H16F2N4O2. The van der Waals surface area contributed by atoms with Crippen LogP contribution in [0.1, 0.15) is 16.7 Å². The minimum Gasteiger partial charge on any atom is -0.271 e. The van der Waals surface area contributed by atoms with E-state index in [1.807, 2.05) is 32.0 Å². The van der Waals surface area contributed by atoms with Crippen LogP contribution in [-0.2, 0) is 16.1 Å². The quantitative estimate of drug-likeness (QED) is 0.780. The number of imide groups is 1. The van der Waals surface area contributed by atoms with Crippen LogP contribution in [-0.4, -0.2) is 28.9 Å². The molecule has 1 saturated heterocycles. The minimum atomic E-state index is -1.13. The van der Waals surface area contributed by atoms with Crippen molar-refractivity contribution in [3.8, 4) is 0 Å². The van der Waals surface area contributed by atoms with E-state index in [1.165, 1.54) is 11.1 Å². The highest BCUT2D eigenvalue weighted by molar-refractivity contribution is 6.25. The summed E-state index contributed by atoms with van der Waals surface area (Å²) in [5, 5.41) is 9.43. The summed E-state index contributed by atoms with van der Waals surface area (Å²) >= 11 is 0. The monoisotopic (exact) mass is 370 g/mol. The number of fused-ring (bicyclic) bond motifs is 1. The summed E-state index contributed by atoms with van der Waals surface area (Å²) in [7, 11) is 0. The molecule has 2 amide bonds. The Hall–Kier alpha value is -3.16. The van der Waals surface area contributed by atoms with E-state index in [0.29, 0.717) is 6.54 Å². The summed E-state index contributed by atoms with van der Waals surface area (Å²) < 4.78 is 26.7. The van der Waals surface area contributed by atoms with Gasteiger partial charge >= 0.3 is 0 Å². The smallest absolute Gasteiger partial charge is 0.263 e. The predicted molar refractivity (Wildman–Crippen MR) is 92.7 cm³/mol. The van der Waals surface area contributed by atoms with Crippen LogP contribution in [0.25, 0.3) is 0 Å². The zero-order valence-corrected chi connectivity index (χ0v) is 14.7. The molecule has 0 saturated carbocycles. The number of benzene rings is 2. The second kappa shape index (κ2) is 6.22. The molecule has 2 heterocycles. The molecule has 1 fully saturated rings. The van der Waals surface area contributed by atoms with Crippen LogP contribution in [0.2, 0.25) is 0 Å². The normalized spacial score (nSPS) is 21.3. The number of aryl methyl sites for hydroxylation is 2. The van der Waals surface area contributed by atoms with E-state index < -0.39 is 35.5 Å². The van der Waals surface area contributed by atoms with Gasteiger partial charge in [0.1, 0.15) is 0 Å². The topological polar surface area (TPSA) is 65.3 Å². The summed E-state index contributed by atoms with van der Waals surface area (Å²) in [4.78, 5) is 26.3. The van der Waals surface area contributed by atoms with Gasteiger partial charge in [0.25, 0.3) is 11.8 Å². The first-order chi connectivity index (χ1) is 12.9. The molecule has 27 heavy (non-hydrogen) atoms. The molecule has 0 aromatic heterocycles. The fourth-order valence-corrected chi connectivity index (χ4v) is 3.38. The van der Waals surface area contributed by atoms with Gasteiger partial charge in [-0.15, -0.1) is 0 Å². The fourth-order valence-electron chi connectivity index (χ4n) is 3.38. The molecule has 0 bridgehead atoms. The highest BCUT2D eigenvalue weighted by Crippen LogP contribution is 2.33. The van der Waals surface area contributed by atoms with Gasteiger partial charge in [-0.05, 0) is 37.1 Å². The molecule has 8 heteroatoms. The van der Waals surface area contributed by atoms with Gasteiger partial charge in [0, 0.05) is 6.07 Å². The number of nitrogens with zero attached hydrogens (tertiary/aromatic N) is 4. The van der Waals surface area contributed by atoms with Crippen LogP contribution in [0, 0.1) is 25.5 Å². The van der Waals surface area contributed by atoms with Crippen molar-refractivity contribution in [2.45, 2.75) is 32.5 Å². The Bertz CT molecular complexity index is 992. The molecule has 2 aromatic rings. The molecule has 4 rings (SSSR count). The Kier molecular flexibility index (Phi) is 3.98. The summed E-state index contributed by atoms with van der Waals surface area (Å²) in [5.74, 6) is -3.32. The lowest BCUT2D eigenvalue weighted by molar-refractivity contribution is -0.123. The second-order valence-corrected chi connectivity index (χ2v) is 6.73. The van der Waals surface area contributed by atoms with Crippen LogP contribution < -0.4 is 4.90 Å². The van der Waals surface area contributed by atoms with Gasteiger partial charge in [-0.2, -0.15) is 5.11 Å². The van der Waals surface area contributed by atoms with E-state index >= 15 is 0 Å². The van der Waals surface area contributed by atoms with E-state index in [2.05, 4.69) is 10.3 Å². The lowest BCUT2D eigenvalue weighted by Crippen LogP contribution is -2.39. The summed E-state index contributed by atoms with van der Waals surface area (Å²) in [6, 6.07) is 7.01. The number of rotatable bonds is 3. The van der Waals surface area contributed by atoms with Crippen LogP contribution in [0.5, 0.6) is 0 Å². The van der Waals surface area contributed by atoms with Crippen molar-refractivity contribution in [1.82, 2.24) is 5.01 Å². The van der Waals surface area contributed by atoms with Crippen molar-refractivity contribution in [2.24, 2.45) is 10.3 Å². The van der Waals surface area contributed by atoms with Gasteiger partial charge in [0.15, 0.2) is 23.7 Å². The Morgan fingerprint density at radius 3 is 2.52 bits per heavy atom. The van der Waals surface area contributed by atoms with E-state index in [4.69, 9.17) is 0 Å². The van der Waals surface area contributed by atoms with Gasteiger partial charge < -0.3 is 0 Å². The molecule has 0 spiro atoms. The van der Waals surface area contributed by atoms with E-state index in [9.17, 15) is 18.4 Å². The highest BCUT2D eigenvalue weighted by Gasteiger charge is 2.54. The second-order valence-electron chi connectivity index (χ2n) is 6.73. The first kappa shape index (κ1) is 17.3. The van der Waals surface area contributed by atoms with Crippen LogP contribution >= 0.6 is 0 Å². The molecular weight excluding hydrogens is 354 g/mol. The molecule has 6 nitrogen and oxygen atoms in total. The molecule has 2 atom stereocenters. The van der Waals surface area contributed by atoms with Crippen molar-refractivity contribution in [2.75, 3.05) is 4.90 Å². The lowest BCUT2D eigenvalue weighted by atomic mass is 10.0. The molecule has 2 aromatic carbocycles. The number of halogens is 2. The van der Waals surface area contributed by atoms with Gasteiger partial charge in [-0.25, -0.2) is 13.7 Å². The molecule has 0 aliphatic carbocycles. The standard InChI is InChI=1S/C19H16F2N4O2/c1-10-3-4-11(2)12(7-10)9-24-17-16(22-23-24)18(26)25(19(17)27)13-5-6-14(20)15(21)8-13/h3-8,16-17H,9H2,1-2H3/t16-,17-/m1/s1. The van der Waals surface area contributed by atoms with Gasteiger partial charge in [-0.1, -0.05) is 29.0 Å². The molecule has 138 valence electrons. The maximum absolute atomic E-state index is 13.5. The van der Waals surface area contributed by atoms with Crippen molar-refractivity contribution >= 4 is 17.5 Å². The minimum absolute atomic E-state index is 0.0137. The maximum Gasteiger partial charge on any atom is 0.263 e. The van der Waals surface area contributed by atoms with E-state index in [1.54, 1.807) is 0 Å². The van der Waals surface area contributed by atoms with Crippen LogP contribution in [0.15, 0.2) is 46.7 Å².